The summed E-state index contributed by atoms with van der Waals surface area (Å²) in [5, 5.41) is 3.93. The molecule has 0 spiro atoms. The lowest BCUT2D eigenvalue weighted by Crippen LogP contribution is -2.39. The molecule has 0 aromatic heterocycles. The number of hydrogen-bond donors (Lipinski definition) is 0. The van der Waals surface area contributed by atoms with Gasteiger partial charge < -0.3 is 4.65 Å². The molecule has 1 aliphatic heterocycles. The average Bonchev–Trinajstić information content (AvgIpc) is 2.00. The van der Waals surface area contributed by atoms with Crippen LogP contribution in [0.1, 0.15) is 0 Å². The summed E-state index contributed by atoms with van der Waals surface area (Å²) in [5.74, 6) is 0.124. The smallest absolute Gasteiger partial charge is 0.509 e. The molecule has 0 atom stereocenters. The first-order chi connectivity index (χ1) is 5.84. The fourth-order valence-corrected chi connectivity index (χ4v) is 0.735. The molecular weight excluding hydrogens is 166 g/mol. The third-order valence-electron chi connectivity index (χ3n) is 1.28. The standard InChI is InChI=1S/C6H4BFO4/c8-5-1-3-6(4-2-5)9-7-10-12-11-7/h1-4H. The lowest BCUT2D eigenvalue weighted by Gasteiger charge is -2.17. The topological polar surface area (TPSA) is 36.9 Å². The van der Waals surface area contributed by atoms with Gasteiger partial charge in [-0.15, -0.1) is 0 Å². The van der Waals surface area contributed by atoms with Crippen LogP contribution in [0.3, 0.4) is 0 Å². The monoisotopic (exact) mass is 170 g/mol. The lowest BCUT2D eigenvalue weighted by atomic mass is 10.2. The van der Waals surface area contributed by atoms with Gasteiger partial charge in [-0.05, 0) is 24.3 Å². The molecule has 1 fully saturated rings. The molecule has 0 saturated carbocycles. The zero-order valence-corrected chi connectivity index (χ0v) is 5.90. The Bertz CT molecular complexity index is 261. The molecule has 1 heterocycles. The number of halogens is 1. The molecule has 1 aromatic carbocycles. The molecule has 1 aliphatic rings. The van der Waals surface area contributed by atoms with Crippen LogP contribution in [0.5, 0.6) is 5.75 Å². The molecule has 12 heavy (non-hydrogen) atoms. The molecule has 1 saturated heterocycles. The Balaban J connectivity index is 1.98. The molecule has 0 amide bonds. The molecule has 0 aliphatic carbocycles. The van der Waals surface area contributed by atoms with Gasteiger partial charge in [-0.2, -0.15) is 9.61 Å². The van der Waals surface area contributed by atoms with Crippen molar-refractivity contribution in [3.05, 3.63) is 30.1 Å². The molecule has 0 unspecified atom stereocenters. The Labute approximate surface area is 67.8 Å². The molecule has 1 aromatic rings. The maximum absolute atomic E-state index is 12.4. The Kier molecular flexibility index (Phi) is 1.95. The minimum absolute atomic E-state index is 0.325. The van der Waals surface area contributed by atoms with Gasteiger partial charge in [-0.25, -0.2) is 4.39 Å². The second kappa shape index (κ2) is 3.10. The van der Waals surface area contributed by atoms with Gasteiger partial charge in [0.15, 0.2) is 0 Å². The minimum atomic E-state index is -0.851. The minimum Gasteiger partial charge on any atom is -0.509 e. The van der Waals surface area contributed by atoms with E-state index in [0.29, 0.717) is 5.75 Å². The predicted octanol–water partition coefficient (Wildman–Crippen LogP) is 1.08. The van der Waals surface area contributed by atoms with E-state index in [0.717, 1.165) is 0 Å². The van der Waals surface area contributed by atoms with Crippen LogP contribution in [0, 0.1) is 5.82 Å². The van der Waals surface area contributed by atoms with Gasteiger partial charge in [0.05, 0.1) is 0 Å². The van der Waals surface area contributed by atoms with Crippen molar-refractivity contribution in [1.29, 1.82) is 0 Å². The van der Waals surface area contributed by atoms with Gasteiger partial charge in [0.25, 0.3) is 0 Å². The van der Waals surface area contributed by atoms with Crippen molar-refractivity contribution in [3.63, 3.8) is 0 Å². The number of benzene rings is 1. The van der Waals surface area contributed by atoms with Crippen LogP contribution in [0.2, 0.25) is 0 Å². The van der Waals surface area contributed by atoms with Crippen LogP contribution in [0.25, 0.3) is 0 Å². The molecule has 4 nitrogen and oxygen atoms in total. The van der Waals surface area contributed by atoms with Crippen LogP contribution in [-0.2, 0) is 14.6 Å². The van der Waals surface area contributed by atoms with E-state index in [1.807, 2.05) is 0 Å². The highest BCUT2D eigenvalue weighted by atomic mass is 19.1. The normalized spacial score (nSPS) is 15.6. The maximum atomic E-state index is 12.4. The molecule has 0 radical (unpaired) electrons. The highest BCUT2D eigenvalue weighted by Crippen LogP contribution is 2.15. The summed E-state index contributed by atoms with van der Waals surface area (Å²) in [5.41, 5.74) is 0. The van der Waals surface area contributed by atoms with E-state index >= 15 is 0 Å². The number of rotatable bonds is 2. The first kappa shape index (κ1) is 7.54. The van der Waals surface area contributed by atoms with Crippen LogP contribution < -0.4 is 4.65 Å². The van der Waals surface area contributed by atoms with Crippen molar-refractivity contribution in [2.75, 3.05) is 0 Å². The van der Waals surface area contributed by atoms with Gasteiger partial charge in [-0.3, -0.25) is 0 Å². The first-order valence-corrected chi connectivity index (χ1v) is 3.25. The van der Waals surface area contributed by atoms with E-state index in [4.69, 9.17) is 4.65 Å². The number of hydrogen-bond acceptors (Lipinski definition) is 4. The summed E-state index contributed by atoms with van der Waals surface area (Å²) in [6.07, 6.45) is 0. The lowest BCUT2D eigenvalue weighted by molar-refractivity contribution is -0.519. The van der Waals surface area contributed by atoms with Crippen molar-refractivity contribution in [3.8, 4) is 5.75 Å². The van der Waals surface area contributed by atoms with E-state index in [1.165, 1.54) is 24.3 Å². The second-order valence-electron chi connectivity index (χ2n) is 2.12. The molecule has 0 bridgehead atoms. The van der Waals surface area contributed by atoms with Crippen molar-refractivity contribution in [2.45, 2.75) is 0 Å². The van der Waals surface area contributed by atoms with Crippen LogP contribution in [0.4, 0.5) is 4.39 Å². The molecule has 62 valence electrons. The van der Waals surface area contributed by atoms with E-state index in [1.54, 1.807) is 0 Å². The van der Waals surface area contributed by atoms with Gasteiger partial charge in [-0.1, -0.05) is 5.04 Å². The fraction of sp³-hybridized carbons (Fsp3) is 0. The molecule has 2 rings (SSSR count). The van der Waals surface area contributed by atoms with Crippen LogP contribution >= 0.6 is 0 Å². The average molecular weight is 170 g/mol. The van der Waals surface area contributed by atoms with E-state index in [-0.39, 0.29) is 5.82 Å². The zero-order chi connectivity index (χ0) is 8.39. The van der Waals surface area contributed by atoms with Gasteiger partial charge in [0, 0.05) is 0 Å². The highest BCUT2D eigenvalue weighted by Gasteiger charge is 2.37. The van der Waals surface area contributed by atoms with Gasteiger partial charge in [0.2, 0.25) is 0 Å². The SMILES string of the molecule is Fc1ccc(OB2OOO2)cc1. The van der Waals surface area contributed by atoms with Crippen molar-refractivity contribution in [2.24, 2.45) is 0 Å². The second-order valence-corrected chi connectivity index (χ2v) is 2.12. The van der Waals surface area contributed by atoms with E-state index < -0.39 is 7.32 Å². The molecule has 0 N–H and O–H groups in total. The Morgan fingerprint density at radius 1 is 1.17 bits per heavy atom. The summed E-state index contributed by atoms with van der Waals surface area (Å²) in [6.45, 7) is 0. The third kappa shape index (κ3) is 1.55. The Morgan fingerprint density at radius 3 is 2.33 bits per heavy atom. The summed E-state index contributed by atoms with van der Waals surface area (Å²) in [6, 6.07) is 5.46. The maximum Gasteiger partial charge on any atom is 0.775 e. The predicted molar refractivity (Wildman–Crippen MR) is 36.0 cm³/mol. The van der Waals surface area contributed by atoms with E-state index in [2.05, 4.69) is 14.6 Å². The summed E-state index contributed by atoms with van der Waals surface area (Å²) in [4.78, 5) is 8.65. The summed E-state index contributed by atoms with van der Waals surface area (Å²) in [7, 11) is -0.851. The molecular formula is C6H4BFO4. The fourth-order valence-electron chi connectivity index (χ4n) is 0.735. The van der Waals surface area contributed by atoms with Crippen molar-refractivity contribution < 1.29 is 23.7 Å². The van der Waals surface area contributed by atoms with Crippen molar-refractivity contribution >= 4 is 7.32 Å². The quantitative estimate of drug-likeness (QED) is 0.491. The van der Waals surface area contributed by atoms with Crippen LogP contribution in [0.15, 0.2) is 24.3 Å². The zero-order valence-electron chi connectivity index (χ0n) is 5.90. The Hall–Kier alpha value is -1.11. The largest absolute Gasteiger partial charge is 0.775 e. The van der Waals surface area contributed by atoms with Crippen molar-refractivity contribution in [1.82, 2.24) is 0 Å². The first-order valence-electron chi connectivity index (χ1n) is 3.25. The third-order valence-corrected chi connectivity index (χ3v) is 1.28. The van der Waals surface area contributed by atoms with E-state index in [9.17, 15) is 4.39 Å². The summed E-state index contributed by atoms with van der Waals surface area (Å²) < 4.78 is 17.3. The van der Waals surface area contributed by atoms with Crippen LogP contribution in [-0.4, -0.2) is 7.32 Å². The highest BCUT2D eigenvalue weighted by molar-refractivity contribution is 6.37. The van der Waals surface area contributed by atoms with Gasteiger partial charge >= 0.3 is 7.32 Å². The molecule has 6 heteroatoms. The summed E-state index contributed by atoms with van der Waals surface area (Å²) >= 11 is 0. The Morgan fingerprint density at radius 2 is 1.83 bits per heavy atom. The van der Waals surface area contributed by atoms with Gasteiger partial charge in [0.1, 0.15) is 11.6 Å².